The third-order valence-electron chi connectivity index (χ3n) is 2.54. The lowest BCUT2D eigenvalue weighted by molar-refractivity contribution is -0.149. The van der Waals surface area contributed by atoms with Gasteiger partial charge in [-0.05, 0) is 25.8 Å². The number of likely N-dealkylation sites (tertiary alicyclic amines) is 1. The molecule has 1 aliphatic rings. The third kappa shape index (κ3) is 3.64. The first kappa shape index (κ1) is 11.5. The molecule has 0 saturated carbocycles. The summed E-state index contributed by atoms with van der Waals surface area (Å²) in [5.41, 5.74) is 5.18. The van der Waals surface area contributed by atoms with Crippen molar-refractivity contribution in [1.29, 1.82) is 0 Å². The molecule has 0 spiro atoms. The molecule has 4 heteroatoms. The molecule has 0 unspecified atom stereocenters. The van der Waals surface area contributed by atoms with E-state index in [1.807, 2.05) is 0 Å². The molecule has 0 bridgehead atoms. The zero-order valence-corrected chi connectivity index (χ0v) is 8.87. The molecule has 0 aromatic heterocycles. The Morgan fingerprint density at radius 3 is 2.64 bits per heavy atom. The molecule has 0 atom stereocenters. The molecule has 0 aromatic carbocycles. The van der Waals surface area contributed by atoms with Gasteiger partial charge in [0.2, 0.25) is 0 Å². The Hall–Kier alpha value is -0.610. The number of carbonyl (C=O) groups excluding carboxylic acids is 1. The minimum absolute atomic E-state index is 0.00479. The summed E-state index contributed by atoms with van der Waals surface area (Å²) in [5.74, 6) is -0.279. The quantitative estimate of drug-likeness (QED) is 0.666. The maximum Gasteiger partial charge on any atom is 0.319 e. The van der Waals surface area contributed by atoms with Crippen LogP contribution in [0.2, 0.25) is 0 Å². The molecule has 1 fully saturated rings. The molecule has 14 heavy (non-hydrogen) atoms. The molecule has 1 rings (SSSR count). The van der Waals surface area contributed by atoms with Gasteiger partial charge in [-0.25, -0.2) is 0 Å². The van der Waals surface area contributed by atoms with Crippen molar-refractivity contribution < 1.29 is 9.53 Å². The average molecular weight is 200 g/mol. The number of esters is 1. The van der Waals surface area contributed by atoms with E-state index in [0.717, 1.165) is 32.5 Å². The predicted molar refractivity (Wildman–Crippen MR) is 54.9 cm³/mol. The van der Waals surface area contributed by atoms with Crippen LogP contribution in [-0.4, -0.2) is 43.2 Å². The van der Waals surface area contributed by atoms with E-state index in [0.29, 0.717) is 0 Å². The van der Waals surface area contributed by atoms with E-state index in [9.17, 15) is 4.79 Å². The summed E-state index contributed by atoms with van der Waals surface area (Å²) in [6.07, 6.45) is 3.18. The van der Waals surface area contributed by atoms with Crippen molar-refractivity contribution in [3.8, 4) is 0 Å². The normalized spacial score (nSPS) is 19.6. The van der Waals surface area contributed by atoms with Crippen molar-refractivity contribution >= 4 is 5.97 Å². The number of rotatable bonds is 4. The number of hydrogen-bond donors (Lipinski definition) is 1. The van der Waals surface area contributed by atoms with E-state index in [2.05, 4.69) is 11.8 Å². The van der Waals surface area contributed by atoms with Crippen molar-refractivity contribution in [2.75, 3.05) is 26.2 Å². The number of piperidine rings is 1. The summed E-state index contributed by atoms with van der Waals surface area (Å²) in [7, 11) is 0. The monoisotopic (exact) mass is 200 g/mol. The fraction of sp³-hybridized carbons (Fsp3) is 0.900. The summed E-state index contributed by atoms with van der Waals surface area (Å²) < 4.78 is 5.18. The van der Waals surface area contributed by atoms with Gasteiger partial charge < -0.3 is 15.4 Å². The number of hydrogen-bond acceptors (Lipinski definition) is 4. The largest absolute Gasteiger partial charge is 0.461 e. The lowest BCUT2D eigenvalue weighted by atomic mass is 10.1. The summed E-state index contributed by atoms with van der Waals surface area (Å²) >= 11 is 0. The van der Waals surface area contributed by atoms with E-state index in [1.54, 1.807) is 0 Å². The summed E-state index contributed by atoms with van der Waals surface area (Å²) in [6, 6.07) is 0. The molecular formula is C10H20N2O2. The van der Waals surface area contributed by atoms with Gasteiger partial charge in [0.25, 0.3) is 0 Å². The number of nitrogens with zero attached hydrogens (tertiary/aromatic N) is 1. The van der Waals surface area contributed by atoms with Gasteiger partial charge in [0.15, 0.2) is 0 Å². The van der Waals surface area contributed by atoms with Crippen LogP contribution in [0.4, 0.5) is 0 Å². The second-order valence-corrected chi connectivity index (χ2v) is 3.73. The van der Waals surface area contributed by atoms with E-state index >= 15 is 0 Å². The van der Waals surface area contributed by atoms with Crippen LogP contribution in [-0.2, 0) is 9.53 Å². The van der Waals surface area contributed by atoms with Crippen molar-refractivity contribution in [1.82, 2.24) is 4.90 Å². The van der Waals surface area contributed by atoms with Crippen molar-refractivity contribution in [2.45, 2.75) is 32.3 Å². The van der Waals surface area contributed by atoms with E-state index in [-0.39, 0.29) is 18.6 Å². The molecule has 0 amide bonds. The van der Waals surface area contributed by atoms with E-state index in [4.69, 9.17) is 10.5 Å². The van der Waals surface area contributed by atoms with Crippen LogP contribution < -0.4 is 5.73 Å². The van der Waals surface area contributed by atoms with E-state index in [1.165, 1.54) is 6.42 Å². The van der Waals surface area contributed by atoms with Gasteiger partial charge in [-0.2, -0.15) is 0 Å². The van der Waals surface area contributed by atoms with Crippen LogP contribution >= 0.6 is 0 Å². The number of ether oxygens (including phenoxy) is 1. The lowest BCUT2D eigenvalue weighted by Gasteiger charge is -2.31. The second kappa shape index (κ2) is 5.98. The topological polar surface area (TPSA) is 55.6 Å². The standard InChI is InChI=1S/C10H20N2O2/c1-2-5-12-6-3-9(4-7-12)14-10(13)8-11/h9H,2-8,11H2,1H3. The molecule has 0 aliphatic carbocycles. The number of nitrogens with two attached hydrogens (primary N) is 1. The van der Waals surface area contributed by atoms with Gasteiger partial charge in [-0.1, -0.05) is 6.92 Å². The minimum atomic E-state index is -0.279. The van der Waals surface area contributed by atoms with Crippen LogP contribution in [0.1, 0.15) is 26.2 Å². The molecule has 4 nitrogen and oxygen atoms in total. The third-order valence-corrected chi connectivity index (χ3v) is 2.54. The lowest BCUT2D eigenvalue weighted by Crippen LogP contribution is -2.38. The summed E-state index contributed by atoms with van der Waals surface area (Å²) in [5, 5.41) is 0. The Labute approximate surface area is 85.4 Å². The summed E-state index contributed by atoms with van der Waals surface area (Å²) in [4.78, 5) is 13.3. The van der Waals surface area contributed by atoms with Crippen molar-refractivity contribution in [3.05, 3.63) is 0 Å². The first-order chi connectivity index (χ1) is 6.76. The van der Waals surface area contributed by atoms with Gasteiger partial charge in [-0.15, -0.1) is 0 Å². The minimum Gasteiger partial charge on any atom is -0.461 e. The maximum atomic E-state index is 10.9. The smallest absolute Gasteiger partial charge is 0.319 e. The van der Waals surface area contributed by atoms with Gasteiger partial charge in [0, 0.05) is 13.1 Å². The zero-order valence-electron chi connectivity index (χ0n) is 8.87. The Bertz CT molecular complexity index is 177. The molecule has 82 valence electrons. The van der Waals surface area contributed by atoms with Crippen LogP contribution in [0.15, 0.2) is 0 Å². The van der Waals surface area contributed by atoms with Crippen LogP contribution in [0.5, 0.6) is 0 Å². The zero-order chi connectivity index (χ0) is 10.4. The fourth-order valence-electron chi connectivity index (χ4n) is 1.80. The maximum absolute atomic E-state index is 10.9. The highest BCUT2D eigenvalue weighted by atomic mass is 16.5. The van der Waals surface area contributed by atoms with Crippen molar-refractivity contribution in [2.24, 2.45) is 5.73 Å². The van der Waals surface area contributed by atoms with Gasteiger partial charge >= 0.3 is 5.97 Å². The van der Waals surface area contributed by atoms with Crippen LogP contribution in [0.3, 0.4) is 0 Å². The summed E-state index contributed by atoms with van der Waals surface area (Å²) in [6.45, 7) is 5.40. The number of carbonyl (C=O) groups is 1. The van der Waals surface area contributed by atoms with Gasteiger partial charge in [-0.3, -0.25) is 4.79 Å². The average Bonchev–Trinajstić information content (AvgIpc) is 2.21. The molecule has 1 heterocycles. The van der Waals surface area contributed by atoms with Gasteiger partial charge in [0.1, 0.15) is 6.10 Å². The molecule has 1 saturated heterocycles. The molecule has 0 radical (unpaired) electrons. The highest BCUT2D eigenvalue weighted by molar-refractivity contribution is 5.71. The highest BCUT2D eigenvalue weighted by Gasteiger charge is 2.20. The highest BCUT2D eigenvalue weighted by Crippen LogP contribution is 2.13. The van der Waals surface area contributed by atoms with Crippen LogP contribution in [0.25, 0.3) is 0 Å². The Morgan fingerprint density at radius 2 is 2.14 bits per heavy atom. The predicted octanol–water partition coefficient (Wildman–Crippen LogP) is 0.363. The molecular weight excluding hydrogens is 180 g/mol. The van der Waals surface area contributed by atoms with E-state index < -0.39 is 0 Å². The Morgan fingerprint density at radius 1 is 1.50 bits per heavy atom. The molecule has 1 aliphatic heterocycles. The first-order valence-corrected chi connectivity index (χ1v) is 5.38. The molecule has 2 N–H and O–H groups in total. The molecule has 0 aromatic rings. The van der Waals surface area contributed by atoms with Crippen molar-refractivity contribution in [3.63, 3.8) is 0 Å². The second-order valence-electron chi connectivity index (χ2n) is 3.73. The first-order valence-electron chi connectivity index (χ1n) is 5.38. The van der Waals surface area contributed by atoms with Crippen LogP contribution in [0, 0.1) is 0 Å². The Kier molecular flexibility index (Phi) is 4.90. The van der Waals surface area contributed by atoms with Gasteiger partial charge in [0.05, 0.1) is 6.54 Å². The SMILES string of the molecule is CCCN1CCC(OC(=O)CN)CC1. The Balaban J connectivity index is 2.18. The fourth-order valence-corrected chi connectivity index (χ4v) is 1.80.